The highest BCUT2D eigenvalue weighted by molar-refractivity contribution is 4.71. The molecule has 2 N–H and O–H groups in total. The van der Waals surface area contributed by atoms with Crippen molar-refractivity contribution in [1.29, 1.82) is 0 Å². The molecule has 0 amide bonds. The van der Waals surface area contributed by atoms with E-state index in [4.69, 9.17) is 9.84 Å². The van der Waals surface area contributed by atoms with E-state index in [1.54, 1.807) is 0 Å². The lowest BCUT2D eigenvalue weighted by atomic mass is 10.0. The first kappa shape index (κ1) is 11.9. The lowest BCUT2D eigenvalue weighted by molar-refractivity contribution is -0.0785. The number of aliphatic hydroxyl groups is 2. The molecule has 0 fully saturated rings. The highest BCUT2D eigenvalue weighted by Gasteiger charge is 2.21. The number of hydrogen-bond donors (Lipinski definition) is 2. The van der Waals surface area contributed by atoms with Crippen LogP contribution < -0.4 is 0 Å². The van der Waals surface area contributed by atoms with Crippen LogP contribution in [0.5, 0.6) is 0 Å². The molecule has 0 saturated heterocycles. The molecule has 3 heteroatoms. The third-order valence-electron chi connectivity index (χ3n) is 1.74. The molecule has 74 valence electrons. The van der Waals surface area contributed by atoms with Gasteiger partial charge in [-0.15, -0.1) is 0 Å². The van der Waals surface area contributed by atoms with E-state index in [1.165, 1.54) is 0 Å². The standard InChI is InChI=1S/C9H20O3/c1-4-5-12-9(7(2)3)8(11)6-10/h7-11H,4-6H2,1-3H3/t8?,9-/m1/s1. The Balaban J connectivity index is 3.85. The van der Waals surface area contributed by atoms with Gasteiger partial charge in [0, 0.05) is 6.61 Å². The van der Waals surface area contributed by atoms with E-state index in [9.17, 15) is 5.11 Å². The highest BCUT2D eigenvalue weighted by atomic mass is 16.5. The van der Waals surface area contributed by atoms with Gasteiger partial charge in [0.05, 0.1) is 12.7 Å². The van der Waals surface area contributed by atoms with Gasteiger partial charge in [-0.1, -0.05) is 20.8 Å². The second-order valence-corrected chi connectivity index (χ2v) is 3.33. The van der Waals surface area contributed by atoms with Gasteiger partial charge in [-0.25, -0.2) is 0 Å². The number of hydrogen-bond acceptors (Lipinski definition) is 3. The van der Waals surface area contributed by atoms with Crippen LogP contribution in [-0.2, 0) is 4.74 Å². The van der Waals surface area contributed by atoms with Gasteiger partial charge in [0.15, 0.2) is 0 Å². The first-order valence-corrected chi connectivity index (χ1v) is 4.54. The average Bonchev–Trinajstić information content (AvgIpc) is 2.04. The van der Waals surface area contributed by atoms with E-state index in [1.807, 2.05) is 20.8 Å². The van der Waals surface area contributed by atoms with Crippen LogP contribution in [0, 0.1) is 5.92 Å². The zero-order chi connectivity index (χ0) is 9.56. The number of rotatable bonds is 6. The fraction of sp³-hybridized carbons (Fsp3) is 1.00. The Morgan fingerprint density at radius 2 is 1.92 bits per heavy atom. The normalized spacial score (nSPS) is 16.5. The first-order chi connectivity index (χ1) is 5.63. The zero-order valence-electron chi connectivity index (χ0n) is 8.16. The SMILES string of the molecule is CCCO[C@H](C(C)C)C(O)CO. The van der Waals surface area contributed by atoms with Crippen LogP contribution in [-0.4, -0.2) is 35.6 Å². The zero-order valence-corrected chi connectivity index (χ0v) is 8.16. The lowest BCUT2D eigenvalue weighted by Crippen LogP contribution is -2.36. The topological polar surface area (TPSA) is 49.7 Å². The van der Waals surface area contributed by atoms with E-state index in [2.05, 4.69) is 0 Å². The smallest absolute Gasteiger partial charge is 0.103 e. The van der Waals surface area contributed by atoms with Crippen LogP contribution in [0.15, 0.2) is 0 Å². The number of ether oxygens (including phenoxy) is 1. The van der Waals surface area contributed by atoms with Crippen molar-refractivity contribution in [1.82, 2.24) is 0 Å². The van der Waals surface area contributed by atoms with Crippen molar-refractivity contribution >= 4 is 0 Å². The van der Waals surface area contributed by atoms with Crippen molar-refractivity contribution in [3.8, 4) is 0 Å². The molecule has 0 rings (SSSR count). The summed E-state index contributed by atoms with van der Waals surface area (Å²) in [6.45, 7) is 6.37. The second kappa shape index (κ2) is 6.40. The van der Waals surface area contributed by atoms with Crippen LogP contribution in [0.4, 0.5) is 0 Å². The summed E-state index contributed by atoms with van der Waals surface area (Å²) in [5.74, 6) is 0.235. The van der Waals surface area contributed by atoms with E-state index in [-0.39, 0.29) is 18.6 Å². The van der Waals surface area contributed by atoms with Crippen LogP contribution in [0.25, 0.3) is 0 Å². The molecule has 0 aromatic rings. The van der Waals surface area contributed by atoms with Gasteiger partial charge in [0.2, 0.25) is 0 Å². The molecule has 0 heterocycles. The Kier molecular flexibility index (Phi) is 6.34. The molecule has 1 unspecified atom stereocenters. The minimum absolute atomic E-state index is 0.230. The van der Waals surface area contributed by atoms with Crippen molar-refractivity contribution in [2.45, 2.75) is 39.4 Å². The molecule has 0 aromatic carbocycles. The Morgan fingerprint density at radius 3 is 2.25 bits per heavy atom. The molecule has 0 spiro atoms. The van der Waals surface area contributed by atoms with Gasteiger partial charge >= 0.3 is 0 Å². The molecule has 0 aliphatic carbocycles. The fourth-order valence-corrected chi connectivity index (χ4v) is 1.11. The van der Waals surface area contributed by atoms with Crippen molar-refractivity contribution in [2.24, 2.45) is 5.92 Å². The van der Waals surface area contributed by atoms with Crippen molar-refractivity contribution in [3.05, 3.63) is 0 Å². The second-order valence-electron chi connectivity index (χ2n) is 3.33. The summed E-state index contributed by atoms with van der Waals surface area (Å²) < 4.78 is 5.40. The summed E-state index contributed by atoms with van der Waals surface area (Å²) in [5, 5.41) is 18.1. The van der Waals surface area contributed by atoms with Crippen LogP contribution in [0.2, 0.25) is 0 Å². The minimum atomic E-state index is -0.753. The summed E-state index contributed by atoms with van der Waals surface area (Å²) >= 11 is 0. The molecule has 0 aliphatic heterocycles. The monoisotopic (exact) mass is 176 g/mol. The van der Waals surface area contributed by atoms with Crippen molar-refractivity contribution in [2.75, 3.05) is 13.2 Å². The van der Waals surface area contributed by atoms with E-state index < -0.39 is 6.10 Å². The number of aliphatic hydroxyl groups excluding tert-OH is 2. The predicted molar refractivity (Wildman–Crippen MR) is 48.0 cm³/mol. The van der Waals surface area contributed by atoms with Crippen molar-refractivity contribution < 1.29 is 14.9 Å². The Labute approximate surface area is 74.4 Å². The van der Waals surface area contributed by atoms with Gasteiger partial charge in [-0.2, -0.15) is 0 Å². The molecule has 0 aromatic heterocycles. The third kappa shape index (κ3) is 4.04. The molecule has 0 saturated carbocycles. The highest BCUT2D eigenvalue weighted by Crippen LogP contribution is 2.11. The molecule has 0 aliphatic rings. The van der Waals surface area contributed by atoms with Crippen LogP contribution >= 0.6 is 0 Å². The largest absolute Gasteiger partial charge is 0.394 e. The van der Waals surface area contributed by atoms with Crippen molar-refractivity contribution in [3.63, 3.8) is 0 Å². The van der Waals surface area contributed by atoms with Crippen LogP contribution in [0.3, 0.4) is 0 Å². The maximum Gasteiger partial charge on any atom is 0.103 e. The first-order valence-electron chi connectivity index (χ1n) is 4.54. The molecular weight excluding hydrogens is 156 g/mol. The van der Waals surface area contributed by atoms with Gasteiger partial charge in [-0.3, -0.25) is 0 Å². The van der Waals surface area contributed by atoms with Gasteiger partial charge in [0.1, 0.15) is 6.10 Å². The Hall–Kier alpha value is -0.120. The summed E-state index contributed by atoms with van der Waals surface area (Å²) in [5.41, 5.74) is 0. The fourth-order valence-electron chi connectivity index (χ4n) is 1.11. The molecule has 0 radical (unpaired) electrons. The van der Waals surface area contributed by atoms with Gasteiger partial charge in [-0.05, 0) is 12.3 Å². The van der Waals surface area contributed by atoms with Gasteiger partial charge in [0.25, 0.3) is 0 Å². The quantitative estimate of drug-likeness (QED) is 0.629. The summed E-state index contributed by atoms with van der Waals surface area (Å²) in [6, 6.07) is 0. The maximum absolute atomic E-state index is 9.34. The molecule has 0 bridgehead atoms. The lowest BCUT2D eigenvalue weighted by Gasteiger charge is -2.25. The van der Waals surface area contributed by atoms with E-state index in [0.29, 0.717) is 6.61 Å². The summed E-state index contributed by atoms with van der Waals surface area (Å²) in [6.07, 6.45) is -0.0621. The van der Waals surface area contributed by atoms with E-state index >= 15 is 0 Å². The third-order valence-corrected chi connectivity index (χ3v) is 1.74. The van der Waals surface area contributed by atoms with Gasteiger partial charge < -0.3 is 14.9 Å². The Bertz CT molecular complexity index is 104. The predicted octanol–water partition coefficient (Wildman–Crippen LogP) is 0.791. The molecule has 12 heavy (non-hydrogen) atoms. The van der Waals surface area contributed by atoms with Crippen LogP contribution in [0.1, 0.15) is 27.2 Å². The summed E-state index contributed by atoms with van der Waals surface area (Å²) in [4.78, 5) is 0. The average molecular weight is 176 g/mol. The summed E-state index contributed by atoms with van der Waals surface area (Å²) in [7, 11) is 0. The molecular formula is C9H20O3. The molecule has 3 nitrogen and oxygen atoms in total. The Morgan fingerprint density at radius 1 is 1.33 bits per heavy atom. The molecule has 2 atom stereocenters. The van der Waals surface area contributed by atoms with E-state index in [0.717, 1.165) is 6.42 Å². The minimum Gasteiger partial charge on any atom is -0.394 e. The maximum atomic E-state index is 9.34.